The van der Waals surface area contributed by atoms with Gasteiger partial charge in [-0.05, 0) is 68.9 Å². The molecule has 1 aliphatic rings. The summed E-state index contributed by atoms with van der Waals surface area (Å²) < 4.78 is 0. The Morgan fingerprint density at radius 2 is 1.40 bits per heavy atom. The fraction of sp³-hybridized carbons (Fsp3) is 0.297. The molecule has 2 aromatic heterocycles. The van der Waals surface area contributed by atoms with Gasteiger partial charge < -0.3 is 4.90 Å². The van der Waals surface area contributed by atoms with E-state index in [1.165, 1.54) is 33.0 Å². The molecule has 6 rings (SSSR count). The average Bonchev–Trinajstić information content (AvgIpc) is 3.48. The van der Waals surface area contributed by atoms with Crippen LogP contribution in [0.4, 0.5) is 17.1 Å². The van der Waals surface area contributed by atoms with Crippen molar-refractivity contribution in [2.24, 2.45) is 0 Å². The van der Waals surface area contributed by atoms with Crippen molar-refractivity contribution in [2.45, 2.75) is 70.9 Å². The second-order valence-electron chi connectivity index (χ2n) is 14.2. The first kappa shape index (κ1) is 28.2. The van der Waals surface area contributed by atoms with E-state index in [0.29, 0.717) is 0 Å². The molecule has 0 atom stereocenters. The van der Waals surface area contributed by atoms with E-state index >= 15 is 0 Å². The van der Waals surface area contributed by atoms with E-state index in [4.69, 9.17) is 4.98 Å². The summed E-state index contributed by atoms with van der Waals surface area (Å²) in [5, 5.41) is 10.0. The molecule has 5 aromatic rings. The molecule has 5 heteroatoms. The molecule has 214 valence electrons. The van der Waals surface area contributed by atoms with Gasteiger partial charge in [0.2, 0.25) is 0 Å². The maximum atomic E-state index is 5.09. The number of H-pyrrole nitrogens is 1. The summed E-state index contributed by atoms with van der Waals surface area (Å²) in [6.07, 6.45) is 3.78. The molecule has 0 unspecified atom stereocenters. The quantitative estimate of drug-likeness (QED) is 0.220. The molecule has 1 N–H and O–H groups in total. The molecule has 0 amide bonds. The number of anilines is 3. The first-order valence-electron chi connectivity index (χ1n) is 14.9. The van der Waals surface area contributed by atoms with Crippen molar-refractivity contribution in [3.05, 3.63) is 115 Å². The van der Waals surface area contributed by atoms with Gasteiger partial charge in [0.15, 0.2) is 8.07 Å². The summed E-state index contributed by atoms with van der Waals surface area (Å²) in [5.41, 5.74) is 8.26. The molecule has 0 fully saturated rings. The summed E-state index contributed by atoms with van der Waals surface area (Å²) in [5.74, 6) is 0. The molecule has 0 radical (unpaired) electrons. The second kappa shape index (κ2) is 9.81. The molecular formula is C37H42N4Si. The number of pyridine rings is 1. The minimum atomic E-state index is -2.48. The maximum absolute atomic E-state index is 5.09. The minimum Gasteiger partial charge on any atom is -0.310 e. The maximum Gasteiger partial charge on any atom is 0.151 e. The van der Waals surface area contributed by atoms with Crippen LogP contribution in [-0.2, 0) is 5.41 Å². The van der Waals surface area contributed by atoms with Gasteiger partial charge >= 0.3 is 0 Å². The van der Waals surface area contributed by atoms with Crippen molar-refractivity contribution < 1.29 is 0 Å². The highest BCUT2D eigenvalue weighted by Gasteiger charge is 2.57. The molecule has 0 aliphatic carbocycles. The Morgan fingerprint density at radius 1 is 0.690 bits per heavy atom. The lowest BCUT2D eigenvalue weighted by Crippen LogP contribution is -2.70. The first-order chi connectivity index (χ1) is 19.9. The third kappa shape index (κ3) is 4.17. The predicted molar refractivity (Wildman–Crippen MR) is 180 cm³/mol. The molecule has 0 bridgehead atoms. The molecule has 0 spiro atoms. The van der Waals surface area contributed by atoms with Gasteiger partial charge in [0, 0.05) is 34.4 Å². The van der Waals surface area contributed by atoms with Gasteiger partial charge in [-0.15, -0.1) is 0 Å². The highest BCUT2D eigenvalue weighted by molar-refractivity contribution is 7.05. The number of hydrogen-bond acceptors (Lipinski definition) is 3. The van der Waals surface area contributed by atoms with Crippen LogP contribution in [0.2, 0.25) is 10.1 Å². The molecule has 4 nitrogen and oxygen atoms in total. The van der Waals surface area contributed by atoms with Gasteiger partial charge in [0.1, 0.15) is 0 Å². The number of nitrogens with one attached hydrogen (secondary N) is 1. The zero-order valence-electron chi connectivity index (χ0n) is 26.2. The molecule has 3 aromatic carbocycles. The number of para-hydroxylation sites is 1. The van der Waals surface area contributed by atoms with Crippen LogP contribution in [0.5, 0.6) is 0 Å². The SMILES string of the molecule is CC1(C)c2ccccc2N(c2cccc(-c3ccn[nH]3)c2)c2cc([Si](c3ccccn3)(C(C)(C)C)C(C)(C)C)ccc21. The van der Waals surface area contributed by atoms with E-state index < -0.39 is 8.07 Å². The van der Waals surface area contributed by atoms with E-state index in [9.17, 15) is 0 Å². The Hall–Kier alpha value is -3.96. The summed E-state index contributed by atoms with van der Waals surface area (Å²) in [6, 6.07) is 33.5. The number of hydrogen-bond donors (Lipinski definition) is 1. The molecular weight excluding hydrogens is 529 g/mol. The number of benzene rings is 3. The van der Waals surface area contributed by atoms with Crippen molar-refractivity contribution in [3.8, 4) is 11.3 Å². The summed E-state index contributed by atoms with van der Waals surface area (Å²) in [7, 11) is -2.48. The van der Waals surface area contributed by atoms with E-state index in [2.05, 4.69) is 149 Å². The van der Waals surface area contributed by atoms with Crippen LogP contribution in [0.25, 0.3) is 11.3 Å². The lowest BCUT2D eigenvalue weighted by molar-refractivity contribution is 0.629. The van der Waals surface area contributed by atoms with Crippen molar-refractivity contribution in [1.29, 1.82) is 0 Å². The molecule has 0 saturated heterocycles. The van der Waals surface area contributed by atoms with E-state index in [1.807, 2.05) is 24.5 Å². The number of aromatic nitrogens is 3. The first-order valence-corrected chi connectivity index (χ1v) is 16.9. The average molecular weight is 571 g/mol. The summed E-state index contributed by atoms with van der Waals surface area (Å²) >= 11 is 0. The van der Waals surface area contributed by atoms with Crippen molar-refractivity contribution in [3.63, 3.8) is 0 Å². The highest BCUT2D eigenvalue weighted by atomic mass is 28.3. The van der Waals surface area contributed by atoms with Crippen LogP contribution in [0, 0.1) is 0 Å². The Balaban J connectivity index is 1.67. The standard InChI is InChI=1S/C37H42N4Si/c1-35(2,3)42(36(4,5)6,34-18-11-12-22-38-34)28-19-20-30-33(25-28)41(32-17-10-9-16-29(32)37(30,7)8)27-15-13-14-26(24-27)31-21-23-39-40-31/h9-25H,1-8H3,(H,39,40). The lowest BCUT2D eigenvalue weighted by Gasteiger charge is -2.52. The highest BCUT2D eigenvalue weighted by Crippen LogP contribution is 2.54. The fourth-order valence-corrected chi connectivity index (χ4v) is 15.1. The van der Waals surface area contributed by atoms with E-state index in [1.54, 1.807) is 0 Å². The number of nitrogens with zero attached hydrogens (tertiary/aromatic N) is 3. The van der Waals surface area contributed by atoms with Crippen molar-refractivity contribution in [2.75, 3.05) is 4.90 Å². The molecule has 3 heterocycles. The molecule has 42 heavy (non-hydrogen) atoms. The third-order valence-electron chi connectivity index (χ3n) is 9.38. The normalized spacial score (nSPS) is 14.8. The largest absolute Gasteiger partial charge is 0.310 e. The second-order valence-corrected chi connectivity index (χ2v) is 19.8. The van der Waals surface area contributed by atoms with Gasteiger partial charge in [-0.3, -0.25) is 10.1 Å². The van der Waals surface area contributed by atoms with Crippen LogP contribution in [0.3, 0.4) is 0 Å². The Morgan fingerprint density at radius 3 is 2.07 bits per heavy atom. The number of aromatic amines is 1. The summed E-state index contributed by atoms with van der Waals surface area (Å²) in [4.78, 5) is 7.57. The zero-order valence-corrected chi connectivity index (χ0v) is 27.2. The lowest BCUT2D eigenvalue weighted by atomic mass is 9.73. The Bertz CT molecular complexity index is 1710. The third-order valence-corrected chi connectivity index (χ3v) is 16.1. The zero-order chi connectivity index (χ0) is 29.9. The molecule has 0 saturated carbocycles. The minimum absolute atomic E-state index is 0.0152. The van der Waals surface area contributed by atoms with Gasteiger partial charge in [-0.25, -0.2) is 0 Å². The predicted octanol–water partition coefficient (Wildman–Crippen LogP) is 8.74. The van der Waals surface area contributed by atoms with Crippen LogP contribution in [0.15, 0.2) is 103 Å². The van der Waals surface area contributed by atoms with E-state index in [-0.39, 0.29) is 15.5 Å². The number of rotatable bonds is 4. The molecule has 1 aliphatic heterocycles. The van der Waals surface area contributed by atoms with Crippen molar-refractivity contribution in [1.82, 2.24) is 15.2 Å². The van der Waals surface area contributed by atoms with Crippen LogP contribution < -0.4 is 15.4 Å². The monoisotopic (exact) mass is 570 g/mol. The Labute approximate surface area is 251 Å². The van der Waals surface area contributed by atoms with Gasteiger partial charge in [-0.1, -0.05) is 104 Å². The van der Waals surface area contributed by atoms with Crippen LogP contribution in [-0.4, -0.2) is 23.3 Å². The van der Waals surface area contributed by atoms with Gasteiger partial charge in [0.05, 0.1) is 17.1 Å². The number of fused-ring (bicyclic) bond motifs is 2. The van der Waals surface area contributed by atoms with Gasteiger partial charge in [-0.2, -0.15) is 5.10 Å². The smallest absolute Gasteiger partial charge is 0.151 e. The Kier molecular flexibility index (Phi) is 6.58. The summed E-state index contributed by atoms with van der Waals surface area (Å²) in [6.45, 7) is 19.2. The van der Waals surface area contributed by atoms with Crippen molar-refractivity contribution >= 4 is 35.6 Å². The topological polar surface area (TPSA) is 44.8 Å². The van der Waals surface area contributed by atoms with Crippen LogP contribution in [0.1, 0.15) is 66.5 Å². The van der Waals surface area contributed by atoms with Crippen LogP contribution >= 0.6 is 0 Å². The van der Waals surface area contributed by atoms with E-state index in [0.717, 1.165) is 16.9 Å². The fourth-order valence-electron chi connectivity index (χ4n) is 7.95. The van der Waals surface area contributed by atoms with Gasteiger partial charge in [0.25, 0.3) is 0 Å².